The molecule has 3 aromatic rings. The van der Waals surface area contributed by atoms with E-state index in [1.807, 2.05) is 13.0 Å². The minimum absolute atomic E-state index is 0.104. The highest BCUT2D eigenvalue weighted by Crippen LogP contribution is 2.30. The summed E-state index contributed by atoms with van der Waals surface area (Å²) in [6, 6.07) is 17.2. The predicted octanol–water partition coefficient (Wildman–Crippen LogP) is 4.44. The van der Waals surface area contributed by atoms with Gasteiger partial charge in [-0.05, 0) is 31.0 Å². The molecule has 2 aromatic carbocycles. The second kappa shape index (κ2) is 9.28. The summed E-state index contributed by atoms with van der Waals surface area (Å²) in [4.78, 5) is 29.8. The molecule has 6 heteroatoms. The lowest BCUT2D eigenvalue weighted by atomic mass is 10.1. The van der Waals surface area contributed by atoms with Crippen LogP contribution in [0.4, 0.5) is 5.13 Å². The molecule has 0 spiro atoms. The Morgan fingerprint density at radius 1 is 1.04 bits per heavy atom. The zero-order valence-electron chi connectivity index (χ0n) is 16.0. The standard InChI is InChI=1S/C22H23N3O2S/c1-3-7-16-10-12-17(13-11-16)20-15(2)28-22(25-20)24-19(26)14-23-21(27)18-8-5-4-6-9-18/h4-6,8-13H,3,7,14H2,1-2H3,(H,23,27)(H,24,25,26). The molecule has 2 amide bonds. The van der Waals surface area contributed by atoms with Gasteiger partial charge in [0, 0.05) is 16.0 Å². The van der Waals surface area contributed by atoms with E-state index >= 15 is 0 Å². The van der Waals surface area contributed by atoms with Gasteiger partial charge in [-0.2, -0.15) is 0 Å². The Labute approximate surface area is 168 Å². The average Bonchev–Trinajstić information content (AvgIpc) is 3.07. The van der Waals surface area contributed by atoms with Crippen LogP contribution in [-0.2, 0) is 11.2 Å². The smallest absolute Gasteiger partial charge is 0.251 e. The van der Waals surface area contributed by atoms with Crippen molar-refractivity contribution in [1.82, 2.24) is 10.3 Å². The molecule has 0 radical (unpaired) electrons. The molecule has 0 aliphatic heterocycles. The molecule has 0 aliphatic carbocycles. The van der Waals surface area contributed by atoms with E-state index < -0.39 is 0 Å². The number of nitrogens with zero attached hydrogens (tertiary/aromatic N) is 1. The summed E-state index contributed by atoms with van der Waals surface area (Å²) in [5, 5.41) is 5.91. The van der Waals surface area contributed by atoms with Crippen molar-refractivity contribution in [2.45, 2.75) is 26.7 Å². The van der Waals surface area contributed by atoms with Crippen LogP contribution in [0.2, 0.25) is 0 Å². The van der Waals surface area contributed by atoms with Gasteiger partial charge >= 0.3 is 0 Å². The van der Waals surface area contributed by atoms with Crippen molar-refractivity contribution >= 4 is 28.3 Å². The average molecular weight is 394 g/mol. The van der Waals surface area contributed by atoms with Crippen molar-refractivity contribution in [2.24, 2.45) is 0 Å². The minimum Gasteiger partial charge on any atom is -0.343 e. The lowest BCUT2D eigenvalue weighted by Gasteiger charge is -2.05. The van der Waals surface area contributed by atoms with E-state index in [0.717, 1.165) is 29.0 Å². The molecule has 0 bridgehead atoms. The van der Waals surface area contributed by atoms with Crippen molar-refractivity contribution in [3.05, 3.63) is 70.6 Å². The fourth-order valence-corrected chi connectivity index (χ4v) is 3.70. The van der Waals surface area contributed by atoms with Crippen molar-refractivity contribution in [1.29, 1.82) is 0 Å². The number of thiazole rings is 1. The van der Waals surface area contributed by atoms with Gasteiger partial charge in [0.2, 0.25) is 5.91 Å². The fourth-order valence-electron chi connectivity index (χ4n) is 2.85. The van der Waals surface area contributed by atoms with Crippen LogP contribution in [0.3, 0.4) is 0 Å². The number of carbonyl (C=O) groups excluding carboxylic acids is 2. The first-order valence-electron chi connectivity index (χ1n) is 9.26. The van der Waals surface area contributed by atoms with Gasteiger partial charge in [0.1, 0.15) is 0 Å². The highest BCUT2D eigenvalue weighted by molar-refractivity contribution is 7.16. The minimum atomic E-state index is -0.303. The normalized spacial score (nSPS) is 10.5. The highest BCUT2D eigenvalue weighted by atomic mass is 32.1. The molecule has 2 N–H and O–H groups in total. The molecule has 3 rings (SSSR count). The molecule has 1 heterocycles. The Balaban J connectivity index is 1.59. The van der Waals surface area contributed by atoms with E-state index in [0.29, 0.717) is 10.7 Å². The fraction of sp³-hybridized carbons (Fsp3) is 0.227. The first-order chi connectivity index (χ1) is 13.6. The maximum absolute atomic E-state index is 12.2. The van der Waals surface area contributed by atoms with Crippen LogP contribution in [-0.4, -0.2) is 23.3 Å². The van der Waals surface area contributed by atoms with E-state index in [1.54, 1.807) is 24.3 Å². The Morgan fingerprint density at radius 3 is 2.43 bits per heavy atom. The van der Waals surface area contributed by atoms with Gasteiger partial charge in [-0.1, -0.05) is 55.8 Å². The van der Waals surface area contributed by atoms with Crippen molar-refractivity contribution in [3.8, 4) is 11.3 Å². The van der Waals surface area contributed by atoms with Gasteiger partial charge in [0.25, 0.3) is 5.91 Å². The van der Waals surface area contributed by atoms with Crippen LogP contribution in [0.5, 0.6) is 0 Å². The summed E-state index contributed by atoms with van der Waals surface area (Å²) >= 11 is 1.43. The van der Waals surface area contributed by atoms with Gasteiger partial charge in [0.05, 0.1) is 12.2 Å². The van der Waals surface area contributed by atoms with Crippen molar-refractivity contribution in [3.63, 3.8) is 0 Å². The van der Waals surface area contributed by atoms with Gasteiger partial charge in [-0.3, -0.25) is 9.59 Å². The monoisotopic (exact) mass is 393 g/mol. The Morgan fingerprint density at radius 2 is 1.75 bits per heavy atom. The van der Waals surface area contributed by atoms with Crippen LogP contribution in [0, 0.1) is 6.92 Å². The molecule has 0 saturated carbocycles. The predicted molar refractivity (Wildman–Crippen MR) is 114 cm³/mol. The van der Waals surface area contributed by atoms with Gasteiger partial charge < -0.3 is 10.6 Å². The molecular formula is C22H23N3O2S. The van der Waals surface area contributed by atoms with E-state index in [4.69, 9.17) is 0 Å². The summed E-state index contributed by atoms with van der Waals surface area (Å²) in [7, 11) is 0. The maximum atomic E-state index is 12.2. The quantitative estimate of drug-likeness (QED) is 0.623. The number of aromatic nitrogens is 1. The molecule has 0 fully saturated rings. The number of carbonyl (C=O) groups is 2. The van der Waals surface area contributed by atoms with E-state index in [2.05, 4.69) is 46.8 Å². The second-order valence-electron chi connectivity index (χ2n) is 6.47. The van der Waals surface area contributed by atoms with Crippen LogP contribution < -0.4 is 10.6 Å². The molecule has 28 heavy (non-hydrogen) atoms. The molecule has 5 nitrogen and oxygen atoms in total. The molecule has 144 valence electrons. The van der Waals surface area contributed by atoms with Crippen LogP contribution in [0.1, 0.15) is 34.1 Å². The van der Waals surface area contributed by atoms with Crippen molar-refractivity contribution in [2.75, 3.05) is 11.9 Å². The highest BCUT2D eigenvalue weighted by Gasteiger charge is 2.13. The Bertz CT molecular complexity index is 950. The summed E-state index contributed by atoms with van der Waals surface area (Å²) in [5.74, 6) is -0.582. The lowest BCUT2D eigenvalue weighted by molar-refractivity contribution is -0.115. The van der Waals surface area contributed by atoms with E-state index in [1.165, 1.54) is 16.9 Å². The molecule has 0 aliphatic rings. The number of anilines is 1. The first-order valence-corrected chi connectivity index (χ1v) is 10.1. The molecule has 0 saturated heterocycles. The van der Waals surface area contributed by atoms with Crippen LogP contribution >= 0.6 is 11.3 Å². The molecular weight excluding hydrogens is 370 g/mol. The third-order valence-electron chi connectivity index (χ3n) is 4.25. The van der Waals surface area contributed by atoms with E-state index in [9.17, 15) is 9.59 Å². The first kappa shape index (κ1) is 19.8. The number of benzene rings is 2. The van der Waals surface area contributed by atoms with Crippen LogP contribution in [0.15, 0.2) is 54.6 Å². The summed E-state index contributed by atoms with van der Waals surface area (Å²) in [5.41, 5.74) is 3.74. The zero-order chi connectivity index (χ0) is 19.9. The molecule has 1 aromatic heterocycles. The maximum Gasteiger partial charge on any atom is 0.251 e. The number of hydrogen-bond donors (Lipinski definition) is 2. The lowest BCUT2D eigenvalue weighted by Crippen LogP contribution is -2.32. The second-order valence-corrected chi connectivity index (χ2v) is 7.67. The number of nitrogens with one attached hydrogen (secondary N) is 2. The summed E-state index contributed by atoms with van der Waals surface area (Å²) in [6.07, 6.45) is 2.18. The topological polar surface area (TPSA) is 71.1 Å². The summed E-state index contributed by atoms with van der Waals surface area (Å²) in [6.45, 7) is 4.04. The van der Waals surface area contributed by atoms with Gasteiger partial charge in [0.15, 0.2) is 5.13 Å². The van der Waals surface area contributed by atoms with E-state index in [-0.39, 0.29) is 18.4 Å². The summed E-state index contributed by atoms with van der Waals surface area (Å²) < 4.78 is 0. The van der Waals surface area contributed by atoms with Gasteiger partial charge in [-0.25, -0.2) is 4.98 Å². The van der Waals surface area contributed by atoms with Gasteiger partial charge in [-0.15, -0.1) is 11.3 Å². The van der Waals surface area contributed by atoms with Crippen LogP contribution in [0.25, 0.3) is 11.3 Å². The number of hydrogen-bond acceptors (Lipinski definition) is 4. The number of rotatable bonds is 7. The Kier molecular flexibility index (Phi) is 6.55. The number of aryl methyl sites for hydroxylation is 2. The van der Waals surface area contributed by atoms with Crippen molar-refractivity contribution < 1.29 is 9.59 Å². The third kappa shape index (κ3) is 5.04. The third-order valence-corrected chi connectivity index (χ3v) is 5.14. The zero-order valence-corrected chi connectivity index (χ0v) is 16.8. The SMILES string of the molecule is CCCc1ccc(-c2nc(NC(=O)CNC(=O)c3ccccc3)sc2C)cc1. The number of amides is 2. The molecule has 0 unspecified atom stereocenters. The largest absolute Gasteiger partial charge is 0.343 e. The Hall–Kier alpha value is -2.99. The molecule has 0 atom stereocenters.